The molecule has 2 aliphatic heterocycles. The summed E-state index contributed by atoms with van der Waals surface area (Å²) >= 11 is 1.51. The zero-order valence-corrected chi connectivity index (χ0v) is 18.2. The van der Waals surface area contributed by atoms with Crippen LogP contribution in [0.5, 0.6) is 11.5 Å². The molecule has 8 nitrogen and oxygen atoms in total. The molecule has 0 spiro atoms. The SMILES string of the molecule is COc1ccc(C2C(C)NN3C(=O)C=C(CSc4nccc(C)n4)NC23)cc1OC. The Kier molecular flexibility index (Phi) is 5.83. The number of hydrogen-bond donors (Lipinski definition) is 2. The van der Waals surface area contributed by atoms with Crippen LogP contribution in [0.1, 0.15) is 24.1 Å². The molecule has 158 valence electrons. The maximum atomic E-state index is 12.8. The lowest BCUT2D eigenvalue weighted by Gasteiger charge is -2.33. The van der Waals surface area contributed by atoms with Crippen molar-refractivity contribution < 1.29 is 14.3 Å². The minimum Gasteiger partial charge on any atom is -0.493 e. The van der Waals surface area contributed by atoms with E-state index >= 15 is 0 Å². The molecule has 3 atom stereocenters. The first-order chi connectivity index (χ1) is 14.5. The van der Waals surface area contributed by atoms with Crippen LogP contribution in [-0.4, -0.2) is 53.1 Å². The van der Waals surface area contributed by atoms with Gasteiger partial charge in [-0.1, -0.05) is 17.8 Å². The van der Waals surface area contributed by atoms with Gasteiger partial charge >= 0.3 is 0 Å². The number of nitrogens with zero attached hydrogens (tertiary/aromatic N) is 3. The Morgan fingerprint density at radius 1 is 1.20 bits per heavy atom. The fourth-order valence-electron chi connectivity index (χ4n) is 3.87. The first-order valence-corrected chi connectivity index (χ1v) is 10.7. The number of fused-ring (bicyclic) bond motifs is 1. The van der Waals surface area contributed by atoms with E-state index in [9.17, 15) is 4.79 Å². The van der Waals surface area contributed by atoms with Gasteiger partial charge in [-0.3, -0.25) is 9.80 Å². The fraction of sp³-hybridized carbons (Fsp3) is 0.381. The van der Waals surface area contributed by atoms with Crippen LogP contribution in [0.15, 0.2) is 47.4 Å². The van der Waals surface area contributed by atoms with Crippen molar-refractivity contribution in [1.29, 1.82) is 0 Å². The zero-order valence-electron chi connectivity index (χ0n) is 17.4. The number of carbonyl (C=O) groups is 1. The molecule has 2 aromatic rings. The van der Waals surface area contributed by atoms with E-state index in [1.165, 1.54) is 11.8 Å². The largest absolute Gasteiger partial charge is 0.493 e. The quantitative estimate of drug-likeness (QED) is 0.536. The number of aryl methyl sites for hydroxylation is 1. The average Bonchev–Trinajstić information content (AvgIpc) is 3.08. The minimum absolute atomic E-state index is 0.0395. The number of carbonyl (C=O) groups excluding carboxylic acids is 1. The van der Waals surface area contributed by atoms with E-state index in [-0.39, 0.29) is 24.0 Å². The number of nitrogens with one attached hydrogen (secondary N) is 2. The number of methoxy groups -OCH3 is 2. The molecule has 1 fully saturated rings. The molecule has 9 heteroatoms. The van der Waals surface area contributed by atoms with E-state index in [0.29, 0.717) is 22.4 Å². The summed E-state index contributed by atoms with van der Waals surface area (Å²) in [5.74, 6) is 1.92. The maximum absolute atomic E-state index is 12.8. The van der Waals surface area contributed by atoms with Crippen molar-refractivity contribution in [3.8, 4) is 11.5 Å². The highest BCUT2D eigenvalue weighted by atomic mass is 32.2. The summed E-state index contributed by atoms with van der Waals surface area (Å²) < 4.78 is 10.8. The molecule has 1 aromatic carbocycles. The second kappa shape index (κ2) is 8.53. The standard InChI is InChI=1S/C21H25N5O3S/c1-12-7-8-22-21(23-12)30-11-15-10-18(27)26-20(24-15)19(13(2)25-26)14-5-6-16(28-3)17(9-14)29-4/h5-10,13,19-20,24-25H,11H2,1-4H3. The van der Waals surface area contributed by atoms with Crippen molar-refractivity contribution in [3.05, 3.63) is 53.5 Å². The highest BCUT2D eigenvalue weighted by molar-refractivity contribution is 7.99. The molecular weight excluding hydrogens is 402 g/mol. The van der Waals surface area contributed by atoms with Crippen LogP contribution < -0.4 is 20.2 Å². The number of ether oxygens (including phenoxy) is 2. The lowest BCUT2D eigenvalue weighted by Crippen LogP contribution is -2.53. The van der Waals surface area contributed by atoms with Crippen molar-refractivity contribution in [1.82, 2.24) is 25.7 Å². The van der Waals surface area contributed by atoms with Crippen LogP contribution in [0.25, 0.3) is 0 Å². The summed E-state index contributed by atoms with van der Waals surface area (Å²) in [7, 11) is 3.24. The normalized spacial score (nSPS) is 22.9. The predicted octanol–water partition coefficient (Wildman–Crippen LogP) is 2.23. The number of rotatable bonds is 6. The van der Waals surface area contributed by atoms with Gasteiger partial charge in [0.2, 0.25) is 0 Å². The van der Waals surface area contributed by atoms with E-state index in [1.54, 1.807) is 31.5 Å². The molecule has 1 aromatic heterocycles. The van der Waals surface area contributed by atoms with Crippen LogP contribution in [0.4, 0.5) is 0 Å². The van der Waals surface area contributed by atoms with Crippen LogP contribution in [0, 0.1) is 6.92 Å². The van der Waals surface area contributed by atoms with E-state index < -0.39 is 0 Å². The Balaban J connectivity index is 1.55. The van der Waals surface area contributed by atoms with Crippen molar-refractivity contribution in [3.63, 3.8) is 0 Å². The Morgan fingerprint density at radius 2 is 2.00 bits per heavy atom. The van der Waals surface area contributed by atoms with E-state index in [2.05, 4.69) is 27.6 Å². The monoisotopic (exact) mass is 427 g/mol. The van der Waals surface area contributed by atoms with Gasteiger partial charge in [0.05, 0.1) is 14.2 Å². The van der Waals surface area contributed by atoms with Gasteiger partial charge in [0.25, 0.3) is 5.91 Å². The zero-order chi connectivity index (χ0) is 21.3. The maximum Gasteiger partial charge on any atom is 0.264 e. The molecule has 0 bridgehead atoms. The van der Waals surface area contributed by atoms with Gasteiger partial charge in [0.15, 0.2) is 16.7 Å². The van der Waals surface area contributed by atoms with Crippen LogP contribution in [-0.2, 0) is 4.79 Å². The van der Waals surface area contributed by atoms with Gasteiger partial charge in [-0.05, 0) is 37.6 Å². The first-order valence-electron chi connectivity index (χ1n) is 9.71. The minimum atomic E-state index is -0.204. The third kappa shape index (κ3) is 3.95. The molecular formula is C21H25N5O3S. The second-order valence-electron chi connectivity index (χ2n) is 7.29. The van der Waals surface area contributed by atoms with Crippen molar-refractivity contribution in [2.24, 2.45) is 0 Å². The molecule has 1 saturated heterocycles. The Morgan fingerprint density at radius 3 is 2.73 bits per heavy atom. The predicted molar refractivity (Wildman–Crippen MR) is 114 cm³/mol. The van der Waals surface area contributed by atoms with Gasteiger partial charge in [-0.15, -0.1) is 0 Å². The van der Waals surface area contributed by atoms with E-state index in [0.717, 1.165) is 17.0 Å². The topological polar surface area (TPSA) is 88.6 Å². The molecule has 2 aliphatic rings. The molecule has 0 saturated carbocycles. The summed E-state index contributed by atoms with van der Waals surface area (Å²) in [4.78, 5) is 21.5. The molecule has 0 aliphatic carbocycles. The van der Waals surface area contributed by atoms with Crippen molar-refractivity contribution >= 4 is 17.7 Å². The van der Waals surface area contributed by atoms with Crippen molar-refractivity contribution in [2.75, 3.05) is 20.0 Å². The summed E-state index contributed by atoms with van der Waals surface area (Å²) in [6.07, 6.45) is 3.18. The van der Waals surface area contributed by atoms with Crippen molar-refractivity contribution in [2.45, 2.75) is 37.1 Å². The summed E-state index contributed by atoms with van der Waals surface area (Å²) in [6.45, 7) is 4.01. The molecule has 4 rings (SSSR count). The Hall–Kier alpha value is -2.78. The van der Waals surface area contributed by atoms with Crippen LogP contribution in [0.3, 0.4) is 0 Å². The van der Waals surface area contributed by atoms with Gasteiger partial charge in [0, 0.05) is 41.4 Å². The number of thioether (sulfide) groups is 1. The van der Waals surface area contributed by atoms with Crippen LogP contribution in [0.2, 0.25) is 0 Å². The van der Waals surface area contributed by atoms with Gasteiger partial charge in [0.1, 0.15) is 6.17 Å². The Labute approximate surface area is 180 Å². The smallest absolute Gasteiger partial charge is 0.264 e. The number of hydrazine groups is 1. The summed E-state index contributed by atoms with van der Waals surface area (Å²) in [5.41, 5.74) is 6.14. The Bertz CT molecular complexity index is 983. The number of amides is 1. The first kappa shape index (κ1) is 20.5. The lowest BCUT2D eigenvalue weighted by atomic mass is 9.90. The highest BCUT2D eigenvalue weighted by Crippen LogP contribution is 2.37. The fourth-order valence-corrected chi connectivity index (χ4v) is 4.67. The van der Waals surface area contributed by atoms with E-state index in [1.807, 2.05) is 31.2 Å². The third-order valence-electron chi connectivity index (χ3n) is 5.29. The highest BCUT2D eigenvalue weighted by Gasteiger charge is 2.44. The molecule has 3 unspecified atom stereocenters. The molecule has 2 N–H and O–H groups in total. The van der Waals surface area contributed by atoms with Gasteiger partial charge in [-0.25, -0.2) is 15.4 Å². The summed E-state index contributed by atoms with van der Waals surface area (Å²) in [5, 5.41) is 5.90. The number of hydrogen-bond acceptors (Lipinski definition) is 8. The van der Waals surface area contributed by atoms with Gasteiger partial charge < -0.3 is 14.8 Å². The summed E-state index contributed by atoms with van der Waals surface area (Å²) in [6, 6.07) is 7.82. The number of aromatic nitrogens is 2. The molecule has 3 heterocycles. The average molecular weight is 428 g/mol. The molecule has 30 heavy (non-hydrogen) atoms. The lowest BCUT2D eigenvalue weighted by molar-refractivity contribution is -0.131. The third-order valence-corrected chi connectivity index (χ3v) is 6.20. The van der Waals surface area contributed by atoms with E-state index in [4.69, 9.17) is 9.47 Å². The molecule has 0 radical (unpaired) electrons. The van der Waals surface area contributed by atoms with Crippen LogP contribution >= 0.6 is 11.8 Å². The second-order valence-corrected chi connectivity index (χ2v) is 8.24. The molecule has 1 amide bonds. The van der Waals surface area contributed by atoms with Gasteiger partial charge in [-0.2, -0.15) is 0 Å². The number of benzene rings is 1.